The van der Waals surface area contributed by atoms with Gasteiger partial charge in [-0.05, 0) is 11.6 Å². The van der Waals surface area contributed by atoms with Crippen LogP contribution in [0.15, 0.2) is 24.3 Å². The van der Waals surface area contributed by atoms with E-state index in [1.165, 1.54) is 7.11 Å². The molecule has 0 saturated heterocycles. The molecule has 6 heteroatoms. The van der Waals surface area contributed by atoms with Crippen molar-refractivity contribution in [2.45, 2.75) is 13.0 Å². The molecule has 0 heterocycles. The Morgan fingerprint density at radius 1 is 1.28 bits per heavy atom. The third kappa shape index (κ3) is 5.05. The van der Waals surface area contributed by atoms with Gasteiger partial charge in [0.2, 0.25) is 0 Å². The van der Waals surface area contributed by atoms with Crippen LogP contribution < -0.4 is 10.6 Å². The lowest BCUT2D eigenvalue weighted by atomic mass is 10.2. The Hall–Kier alpha value is -1.75. The maximum Gasteiger partial charge on any atom is 0.315 e. The third-order valence-corrected chi connectivity index (χ3v) is 2.61. The second-order valence-corrected chi connectivity index (χ2v) is 3.93. The molecule has 0 aliphatic heterocycles. The van der Waals surface area contributed by atoms with Gasteiger partial charge in [0, 0.05) is 18.1 Å². The van der Waals surface area contributed by atoms with Crippen LogP contribution in [0.1, 0.15) is 12.0 Å². The summed E-state index contributed by atoms with van der Waals surface area (Å²) in [6, 6.07) is 6.91. The Bertz CT molecular complexity index is 424. The fourth-order valence-electron chi connectivity index (χ4n) is 1.26. The first-order valence-electron chi connectivity index (χ1n) is 5.45. The van der Waals surface area contributed by atoms with Gasteiger partial charge in [0.25, 0.3) is 0 Å². The van der Waals surface area contributed by atoms with Crippen molar-refractivity contribution in [2.24, 2.45) is 0 Å². The van der Waals surface area contributed by atoms with Crippen LogP contribution in [0.5, 0.6) is 0 Å². The highest BCUT2D eigenvalue weighted by Crippen LogP contribution is 2.13. The molecule has 0 bridgehead atoms. The summed E-state index contributed by atoms with van der Waals surface area (Å²) in [6.07, 6.45) is 0.149. The van der Waals surface area contributed by atoms with Gasteiger partial charge in [0.1, 0.15) is 0 Å². The molecule has 0 fully saturated rings. The molecule has 0 radical (unpaired) electrons. The quantitative estimate of drug-likeness (QED) is 0.801. The van der Waals surface area contributed by atoms with Crippen molar-refractivity contribution in [1.82, 2.24) is 10.6 Å². The number of ether oxygens (including phenoxy) is 1. The predicted molar refractivity (Wildman–Crippen MR) is 68.3 cm³/mol. The van der Waals surface area contributed by atoms with Gasteiger partial charge in [0.05, 0.1) is 13.5 Å². The molecule has 0 spiro atoms. The predicted octanol–water partition coefficient (Wildman–Crippen LogP) is 1.70. The highest BCUT2D eigenvalue weighted by Gasteiger charge is 2.04. The summed E-state index contributed by atoms with van der Waals surface area (Å²) in [6.45, 7) is 0.574. The number of rotatable bonds is 5. The number of amides is 2. The molecule has 5 nitrogen and oxygen atoms in total. The highest BCUT2D eigenvalue weighted by atomic mass is 35.5. The molecule has 0 aliphatic carbocycles. The monoisotopic (exact) mass is 270 g/mol. The van der Waals surface area contributed by atoms with Gasteiger partial charge in [-0.2, -0.15) is 0 Å². The van der Waals surface area contributed by atoms with Crippen LogP contribution in [-0.2, 0) is 16.1 Å². The number of nitrogens with one attached hydrogen (secondary N) is 2. The number of urea groups is 1. The minimum absolute atomic E-state index is 0.149. The Labute approximate surface area is 110 Å². The van der Waals surface area contributed by atoms with E-state index >= 15 is 0 Å². The van der Waals surface area contributed by atoms with Gasteiger partial charge in [-0.1, -0.05) is 29.8 Å². The van der Waals surface area contributed by atoms with E-state index in [0.717, 1.165) is 5.56 Å². The Balaban J connectivity index is 2.25. The van der Waals surface area contributed by atoms with Crippen LogP contribution in [0, 0.1) is 0 Å². The standard InChI is InChI=1S/C12H15ClN2O3/c1-18-11(16)6-7-14-12(17)15-8-9-4-2-3-5-10(9)13/h2-5H,6-8H2,1H3,(H2,14,15,17). The zero-order valence-electron chi connectivity index (χ0n) is 10.0. The fourth-order valence-corrected chi connectivity index (χ4v) is 1.46. The van der Waals surface area contributed by atoms with E-state index in [-0.39, 0.29) is 25.0 Å². The summed E-state index contributed by atoms with van der Waals surface area (Å²) in [5.41, 5.74) is 0.835. The van der Waals surface area contributed by atoms with Crippen LogP contribution in [0.2, 0.25) is 5.02 Å². The molecule has 1 aromatic carbocycles. The number of halogens is 1. The normalized spacial score (nSPS) is 9.67. The molecule has 0 aliphatic rings. The van der Waals surface area contributed by atoms with Gasteiger partial charge in [-0.25, -0.2) is 4.79 Å². The lowest BCUT2D eigenvalue weighted by Crippen LogP contribution is -2.36. The van der Waals surface area contributed by atoms with Crippen molar-refractivity contribution < 1.29 is 14.3 Å². The Kier molecular flexibility index (Phi) is 6.00. The van der Waals surface area contributed by atoms with Gasteiger partial charge in [-0.15, -0.1) is 0 Å². The number of esters is 1. The second kappa shape index (κ2) is 7.55. The van der Waals surface area contributed by atoms with Crippen LogP contribution in [-0.4, -0.2) is 25.7 Å². The first kappa shape index (κ1) is 14.3. The number of hydrogen-bond donors (Lipinski definition) is 2. The molecular formula is C12H15ClN2O3. The first-order valence-corrected chi connectivity index (χ1v) is 5.83. The summed E-state index contributed by atoms with van der Waals surface area (Å²) in [7, 11) is 1.31. The summed E-state index contributed by atoms with van der Waals surface area (Å²) in [5.74, 6) is -0.360. The van der Waals surface area contributed by atoms with E-state index < -0.39 is 0 Å². The van der Waals surface area contributed by atoms with Crippen molar-refractivity contribution in [2.75, 3.05) is 13.7 Å². The largest absolute Gasteiger partial charge is 0.469 e. The first-order chi connectivity index (χ1) is 8.63. The highest BCUT2D eigenvalue weighted by molar-refractivity contribution is 6.31. The van der Waals surface area contributed by atoms with Crippen LogP contribution in [0.25, 0.3) is 0 Å². The van der Waals surface area contributed by atoms with E-state index in [9.17, 15) is 9.59 Å². The summed E-state index contributed by atoms with van der Waals surface area (Å²) in [4.78, 5) is 22.2. The minimum Gasteiger partial charge on any atom is -0.469 e. The fraction of sp³-hybridized carbons (Fsp3) is 0.333. The number of benzene rings is 1. The third-order valence-electron chi connectivity index (χ3n) is 2.24. The molecule has 0 aromatic heterocycles. The molecule has 0 atom stereocenters. The Morgan fingerprint density at radius 3 is 2.67 bits per heavy atom. The van der Waals surface area contributed by atoms with Gasteiger partial charge in [0.15, 0.2) is 0 Å². The van der Waals surface area contributed by atoms with Crippen molar-refractivity contribution in [1.29, 1.82) is 0 Å². The molecule has 2 amide bonds. The van der Waals surface area contributed by atoms with Crippen LogP contribution >= 0.6 is 11.6 Å². The molecule has 1 aromatic rings. The van der Waals surface area contributed by atoms with Crippen molar-refractivity contribution >= 4 is 23.6 Å². The number of methoxy groups -OCH3 is 1. The summed E-state index contributed by atoms with van der Waals surface area (Å²) < 4.78 is 4.45. The van der Waals surface area contributed by atoms with Crippen molar-refractivity contribution in [3.05, 3.63) is 34.9 Å². The van der Waals surface area contributed by atoms with Crippen molar-refractivity contribution in [3.63, 3.8) is 0 Å². The minimum atomic E-state index is -0.360. The van der Waals surface area contributed by atoms with E-state index in [1.54, 1.807) is 6.07 Å². The van der Waals surface area contributed by atoms with E-state index in [1.807, 2.05) is 18.2 Å². The SMILES string of the molecule is COC(=O)CCNC(=O)NCc1ccccc1Cl. The summed E-state index contributed by atoms with van der Waals surface area (Å²) in [5, 5.41) is 5.79. The topological polar surface area (TPSA) is 67.4 Å². The number of carbonyl (C=O) groups excluding carboxylic acids is 2. The average molecular weight is 271 g/mol. The molecule has 0 unspecified atom stereocenters. The lowest BCUT2D eigenvalue weighted by Gasteiger charge is -2.08. The molecule has 18 heavy (non-hydrogen) atoms. The maximum atomic E-state index is 11.4. The zero-order chi connectivity index (χ0) is 13.4. The average Bonchev–Trinajstić information content (AvgIpc) is 2.37. The molecule has 2 N–H and O–H groups in total. The Morgan fingerprint density at radius 2 is 2.00 bits per heavy atom. The van der Waals surface area contributed by atoms with Gasteiger partial charge >= 0.3 is 12.0 Å². The van der Waals surface area contributed by atoms with E-state index in [0.29, 0.717) is 11.6 Å². The van der Waals surface area contributed by atoms with Gasteiger partial charge < -0.3 is 15.4 Å². The smallest absolute Gasteiger partial charge is 0.315 e. The number of carbonyl (C=O) groups is 2. The van der Waals surface area contributed by atoms with Crippen LogP contribution in [0.3, 0.4) is 0 Å². The molecule has 0 saturated carbocycles. The second-order valence-electron chi connectivity index (χ2n) is 3.53. The lowest BCUT2D eigenvalue weighted by molar-refractivity contribution is -0.140. The molecule has 98 valence electrons. The van der Waals surface area contributed by atoms with E-state index in [2.05, 4.69) is 15.4 Å². The maximum absolute atomic E-state index is 11.4. The van der Waals surface area contributed by atoms with E-state index in [4.69, 9.17) is 11.6 Å². The molecule has 1 rings (SSSR count). The van der Waals surface area contributed by atoms with Crippen LogP contribution in [0.4, 0.5) is 4.79 Å². The van der Waals surface area contributed by atoms with Gasteiger partial charge in [-0.3, -0.25) is 4.79 Å². The summed E-state index contributed by atoms with van der Waals surface area (Å²) >= 11 is 5.94. The zero-order valence-corrected chi connectivity index (χ0v) is 10.8. The number of hydrogen-bond acceptors (Lipinski definition) is 3. The molecular weight excluding hydrogens is 256 g/mol. The van der Waals surface area contributed by atoms with Crippen molar-refractivity contribution in [3.8, 4) is 0 Å².